The van der Waals surface area contributed by atoms with Gasteiger partial charge in [0, 0.05) is 0 Å². The number of carbonyl (C=O) groups excluding carboxylic acids is 1. The Morgan fingerprint density at radius 2 is 1.52 bits per heavy atom. The van der Waals surface area contributed by atoms with Gasteiger partial charge in [0.1, 0.15) is 5.75 Å². The molecule has 1 atom stereocenters. The van der Waals surface area contributed by atoms with E-state index in [-0.39, 0.29) is 18.6 Å². The largest absolute Gasteiger partial charge is 0.484 e. The normalized spacial score (nSPS) is 11.6. The van der Waals surface area contributed by atoms with Gasteiger partial charge in [-0.25, -0.2) is 0 Å². The van der Waals surface area contributed by atoms with Crippen molar-refractivity contribution in [2.45, 2.75) is 26.3 Å². The molecule has 3 nitrogen and oxygen atoms in total. The number of carbonyl (C=O) groups is 1. The number of benzene rings is 3. The summed E-state index contributed by atoms with van der Waals surface area (Å²) in [5, 5.41) is 3.10. The Labute approximate surface area is 161 Å². The molecule has 1 amide bonds. The standard InChI is InChI=1S/C24H25NO2/c1-3-19-11-15-22(16-12-19)27-17-23(26)25-24(20-7-5-4-6-8-20)21-13-9-18(2)10-14-21/h4-16,24H,3,17H2,1-2H3,(H,25,26)/t24-/m0/s1. The predicted octanol–water partition coefficient (Wildman–Crippen LogP) is 4.84. The first-order valence-electron chi connectivity index (χ1n) is 9.28. The Bertz CT molecular complexity index is 855. The van der Waals surface area contributed by atoms with E-state index in [0.29, 0.717) is 5.75 Å². The lowest BCUT2D eigenvalue weighted by Crippen LogP contribution is -2.33. The van der Waals surface area contributed by atoms with E-state index in [1.165, 1.54) is 11.1 Å². The number of nitrogens with one attached hydrogen (secondary N) is 1. The first kappa shape index (κ1) is 18.7. The maximum atomic E-state index is 12.5. The van der Waals surface area contributed by atoms with Gasteiger partial charge >= 0.3 is 0 Å². The van der Waals surface area contributed by atoms with Gasteiger partial charge in [0.2, 0.25) is 0 Å². The zero-order valence-electron chi connectivity index (χ0n) is 15.8. The number of aryl methyl sites for hydroxylation is 2. The molecule has 0 heterocycles. The van der Waals surface area contributed by atoms with Gasteiger partial charge in [0.15, 0.2) is 6.61 Å². The third-order valence-corrected chi connectivity index (χ3v) is 4.55. The SMILES string of the molecule is CCc1ccc(OCC(=O)N[C@@H](c2ccccc2)c2ccc(C)cc2)cc1. The fraction of sp³-hybridized carbons (Fsp3) is 0.208. The highest BCUT2D eigenvalue weighted by Crippen LogP contribution is 2.22. The summed E-state index contributed by atoms with van der Waals surface area (Å²) in [6.45, 7) is 4.15. The number of rotatable bonds is 7. The molecule has 3 aromatic carbocycles. The van der Waals surface area contributed by atoms with Crippen molar-refractivity contribution < 1.29 is 9.53 Å². The van der Waals surface area contributed by atoms with E-state index in [4.69, 9.17) is 4.74 Å². The van der Waals surface area contributed by atoms with E-state index in [0.717, 1.165) is 17.5 Å². The molecule has 27 heavy (non-hydrogen) atoms. The van der Waals surface area contributed by atoms with E-state index >= 15 is 0 Å². The molecular weight excluding hydrogens is 334 g/mol. The number of amides is 1. The van der Waals surface area contributed by atoms with E-state index in [1.807, 2.05) is 54.6 Å². The number of hydrogen-bond acceptors (Lipinski definition) is 2. The molecule has 0 bridgehead atoms. The summed E-state index contributed by atoms with van der Waals surface area (Å²) in [5.74, 6) is 0.554. The van der Waals surface area contributed by atoms with Gasteiger partial charge in [-0.2, -0.15) is 0 Å². The smallest absolute Gasteiger partial charge is 0.258 e. The molecule has 0 aliphatic carbocycles. The molecular formula is C24H25NO2. The summed E-state index contributed by atoms with van der Waals surface area (Å²) in [4.78, 5) is 12.5. The summed E-state index contributed by atoms with van der Waals surface area (Å²) in [6.07, 6.45) is 0.982. The Kier molecular flexibility index (Phi) is 6.26. The minimum absolute atomic E-state index is 0.0132. The first-order chi connectivity index (χ1) is 13.2. The van der Waals surface area contributed by atoms with E-state index in [2.05, 4.69) is 43.4 Å². The third kappa shape index (κ3) is 5.20. The van der Waals surface area contributed by atoms with Crippen LogP contribution in [0.4, 0.5) is 0 Å². The number of hydrogen-bond donors (Lipinski definition) is 1. The zero-order chi connectivity index (χ0) is 19.1. The van der Waals surface area contributed by atoms with Crippen LogP contribution in [0.2, 0.25) is 0 Å². The van der Waals surface area contributed by atoms with Crippen LogP contribution in [0.3, 0.4) is 0 Å². The summed E-state index contributed by atoms with van der Waals surface area (Å²) < 4.78 is 5.65. The van der Waals surface area contributed by atoms with Crippen molar-refractivity contribution in [1.29, 1.82) is 0 Å². The van der Waals surface area contributed by atoms with Gasteiger partial charge in [-0.3, -0.25) is 4.79 Å². The fourth-order valence-corrected chi connectivity index (χ4v) is 2.94. The topological polar surface area (TPSA) is 38.3 Å². The molecule has 3 aromatic rings. The first-order valence-corrected chi connectivity index (χ1v) is 9.28. The highest BCUT2D eigenvalue weighted by atomic mass is 16.5. The average molecular weight is 359 g/mol. The van der Waals surface area contributed by atoms with E-state index < -0.39 is 0 Å². The average Bonchev–Trinajstić information content (AvgIpc) is 2.72. The lowest BCUT2D eigenvalue weighted by atomic mass is 9.98. The van der Waals surface area contributed by atoms with Crippen LogP contribution in [0.25, 0.3) is 0 Å². The van der Waals surface area contributed by atoms with Crippen molar-refractivity contribution in [3.05, 3.63) is 101 Å². The van der Waals surface area contributed by atoms with Crippen molar-refractivity contribution in [1.82, 2.24) is 5.32 Å². The van der Waals surface area contributed by atoms with Crippen LogP contribution in [0, 0.1) is 6.92 Å². The van der Waals surface area contributed by atoms with Gasteiger partial charge in [-0.1, -0.05) is 79.2 Å². The molecule has 0 aromatic heterocycles. The molecule has 0 spiro atoms. The highest BCUT2D eigenvalue weighted by Gasteiger charge is 2.17. The Morgan fingerprint density at radius 1 is 0.889 bits per heavy atom. The maximum absolute atomic E-state index is 12.5. The summed E-state index contributed by atoms with van der Waals surface area (Å²) in [6, 6.07) is 25.8. The second-order valence-electron chi connectivity index (χ2n) is 6.61. The van der Waals surface area contributed by atoms with Crippen molar-refractivity contribution in [3.63, 3.8) is 0 Å². The minimum Gasteiger partial charge on any atom is -0.484 e. The molecule has 0 fully saturated rings. The van der Waals surface area contributed by atoms with E-state index in [9.17, 15) is 4.79 Å². The second-order valence-corrected chi connectivity index (χ2v) is 6.61. The summed E-state index contributed by atoms with van der Waals surface area (Å²) in [5.41, 5.74) is 4.53. The minimum atomic E-state index is -0.203. The monoisotopic (exact) mass is 359 g/mol. The molecule has 138 valence electrons. The van der Waals surface area contributed by atoms with Crippen LogP contribution in [0.5, 0.6) is 5.75 Å². The van der Waals surface area contributed by atoms with E-state index in [1.54, 1.807) is 0 Å². The molecule has 1 N–H and O–H groups in total. The van der Waals surface area contributed by atoms with Crippen molar-refractivity contribution in [2.75, 3.05) is 6.61 Å². The zero-order valence-corrected chi connectivity index (χ0v) is 15.8. The highest BCUT2D eigenvalue weighted by molar-refractivity contribution is 5.78. The van der Waals surface area contributed by atoms with Crippen molar-refractivity contribution in [3.8, 4) is 5.75 Å². The van der Waals surface area contributed by atoms with Gasteiger partial charge < -0.3 is 10.1 Å². The van der Waals surface area contributed by atoms with Crippen LogP contribution < -0.4 is 10.1 Å². The van der Waals surface area contributed by atoms with Crippen LogP contribution in [0.15, 0.2) is 78.9 Å². The molecule has 0 unspecified atom stereocenters. The van der Waals surface area contributed by atoms with Crippen molar-refractivity contribution >= 4 is 5.91 Å². The second kappa shape index (κ2) is 9.04. The lowest BCUT2D eigenvalue weighted by Gasteiger charge is -2.20. The third-order valence-electron chi connectivity index (χ3n) is 4.55. The van der Waals surface area contributed by atoms with Gasteiger partial charge in [-0.15, -0.1) is 0 Å². The molecule has 0 aliphatic heterocycles. The van der Waals surface area contributed by atoms with Gasteiger partial charge in [0.25, 0.3) is 5.91 Å². The number of ether oxygens (including phenoxy) is 1. The Balaban J connectivity index is 1.69. The molecule has 0 aliphatic rings. The van der Waals surface area contributed by atoms with Crippen LogP contribution in [-0.2, 0) is 11.2 Å². The van der Waals surface area contributed by atoms with Gasteiger partial charge in [0.05, 0.1) is 6.04 Å². The lowest BCUT2D eigenvalue weighted by molar-refractivity contribution is -0.123. The van der Waals surface area contributed by atoms with Gasteiger partial charge in [-0.05, 0) is 42.2 Å². The molecule has 3 heteroatoms. The Hall–Kier alpha value is -3.07. The van der Waals surface area contributed by atoms with Crippen LogP contribution in [-0.4, -0.2) is 12.5 Å². The Morgan fingerprint density at radius 3 is 2.15 bits per heavy atom. The molecule has 0 saturated heterocycles. The molecule has 0 radical (unpaired) electrons. The molecule has 0 saturated carbocycles. The summed E-state index contributed by atoms with van der Waals surface area (Å²) in [7, 11) is 0. The quantitative estimate of drug-likeness (QED) is 0.655. The summed E-state index contributed by atoms with van der Waals surface area (Å²) >= 11 is 0. The van der Waals surface area contributed by atoms with Crippen molar-refractivity contribution in [2.24, 2.45) is 0 Å². The predicted molar refractivity (Wildman–Crippen MR) is 109 cm³/mol. The van der Waals surface area contributed by atoms with Crippen LogP contribution in [0.1, 0.15) is 35.2 Å². The molecule has 3 rings (SSSR count). The van der Waals surface area contributed by atoms with Crippen LogP contribution >= 0.6 is 0 Å². The fourth-order valence-electron chi connectivity index (χ4n) is 2.94. The maximum Gasteiger partial charge on any atom is 0.258 e.